The van der Waals surface area contributed by atoms with Gasteiger partial charge in [-0.05, 0) is 56.5 Å². The van der Waals surface area contributed by atoms with Gasteiger partial charge in [0.2, 0.25) is 0 Å². The minimum Gasteiger partial charge on any atom is -0.477 e. The highest BCUT2D eigenvalue weighted by Gasteiger charge is 2.18. The van der Waals surface area contributed by atoms with Crippen molar-refractivity contribution in [1.82, 2.24) is 0 Å². The summed E-state index contributed by atoms with van der Waals surface area (Å²) in [5, 5.41) is 0. The molecule has 0 aliphatic heterocycles. The van der Waals surface area contributed by atoms with Crippen molar-refractivity contribution < 1.29 is 14.3 Å². The molecule has 0 heterocycles. The van der Waals surface area contributed by atoms with Gasteiger partial charge in [-0.25, -0.2) is 4.79 Å². The molecule has 17 heavy (non-hydrogen) atoms. The predicted molar refractivity (Wildman–Crippen MR) is 71.8 cm³/mol. The number of benzene rings is 1. The van der Waals surface area contributed by atoms with Gasteiger partial charge in [0.05, 0.1) is 16.1 Å². The molecule has 0 aliphatic rings. The molecule has 4 nitrogen and oxygen atoms in total. The highest BCUT2D eigenvalue weighted by molar-refractivity contribution is 9.11. The molecule has 0 bridgehead atoms. The van der Waals surface area contributed by atoms with Crippen molar-refractivity contribution in [3.8, 4) is 5.75 Å². The third-order valence-electron chi connectivity index (χ3n) is 2.12. The summed E-state index contributed by atoms with van der Waals surface area (Å²) < 4.78 is 11.6. The average Bonchev–Trinajstić information content (AvgIpc) is 2.31. The van der Waals surface area contributed by atoms with Crippen molar-refractivity contribution in [1.29, 1.82) is 0 Å². The monoisotopic (exact) mass is 365 g/mol. The van der Waals surface area contributed by atoms with E-state index in [-0.39, 0.29) is 0 Å². The Morgan fingerprint density at radius 3 is 2.35 bits per heavy atom. The molecule has 2 N–H and O–H groups in total. The number of rotatable bonds is 4. The highest BCUT2D eigenvalue weighted by atomic mass is 79.9. The van der Waals surface area contributed by atoms with E-state index in [1.54, 1.807) is 6.92 Å². The Hall–Kier alpha value is -0.590. The lowest BCUT2D eigenvalue weighted by Crippen LogP contribution is -2.25. The maximum absolute atomic E-state index is 11.3. The maximum atomic E-state index is 11.3. The largest absolute Gasteiger partial charge is 0.477 e. The first-order valence-electron chi connectivity index (χ1n) is 4.92. The zero-order chi connectivity index (χ0) is 13.0. The molecule has 0 radical (unpaired) electrons. The van der Waals surface area contributed by atoms with E-state index in [0.29, 0.717) is 12.3 Å². The lowest BCUT2D eigenvalue weighted by atomic mass is 10.2. The van der Waals surface area contributed by atoms with Crippen LogP contribution < -0.4 is 10.5 Å². The van der Waals surface area contributed by atoms with Crippen molar-refractivity contribution in [3.63, 3.8) is 0 Å². The Bertz CT molecular complexity index is 400. The van der Waals surface area contributed by atoms with Crippen LogP contribution in [0.1, 0.15) is 12.5 Å². The summed E-state index contributed by atoms with van der Waals surface area (Å²) in [6.07, 6.45) is -0.670. The maximum Gasteiger partial charge on any atom is 0.346 e. The van der Waals surface area contributed by atoms with E-state index in [9.17, 15) is 4.79 Å². The van der Waals surface area contributed by atoms with Crippen LogP contribution >= 0.6 is 31.9 Å². The van der Waals surface area contributed by atoms with E-state index in [1.165, 1.54) is 7.11 Å². The molecule has 1 aromatic rings. The third kappa shape index (κ3) is 3.69. The van der Waals surface area contributed by atoms with Gasteiger partial charge in [-0.1, -0.05) is 0 Å². The zero-order valence-corrected chi connectivity index (χ0v) is 12.7. The molecule has 1 unspecified atom stereocenters. The number of carbonyl (C=O) groups is 1. The molecule has 6 heteroatoms. The van der Waals surface area contributed by atoms with Crippen LogP contribution in [-0.4, -0.2) is 19.2 Å². The molecular weight excluding hydrogens is 354 g/mol. The second-order valence-electron chi connectivity index (χ2n) is 3.38. The summed E-state index contributed by atoms with van der Waals surface area (Å²) in [5.41, 5.74) is 6.51. The van der Waals surface area contributed by atoms with Crippen molar-refractivity contribution in [2.75, 3.05) is 7.11 Å². The second-order valence-corrected chi connectivity index (χ2v) is 5.08. The quantitative estimate of drug-likeness (QED) is 0.832. The first kappa shape index (κ1) is 14.5. The van der Waals surface area contributed by atoms with Crippen LogP contribution in [0, 0.1) is 0 Å². The molecule has 0 saturated heterocycles. The SMILES string of the molecule is COC(=O)C(C)Oc1c(Br)cc(CN)cc1Br. The van der Waals surface area contributed by atoms with E-state index >= 15 is 0 Å². The smallest absolute Gasteiger partial charge is 0.346 e. The molecule has 1 aromatic carbocycles. The van der Waals surface area contributed by atoms with Gasteiger partial charge in [0.25, 0.3) is 0 Å². The van der Waals surface area contributed by atoms with Gasteiger partial charge in [0.1, 0.15) is 5.75 Å². The van der Waals surface area contributed by atoms with Crippen molar-refractivity contribution in [2.24, 2.45) is 5.73 Å². The van der Waals surface area contributed by atoms with Crippen LogP contribution in [0.5, 0.6) is 5.75 Å². The van der Waals surface area contributed by atoms with Crippen LogP contribution in [0.2, 0.25) is 0 Å². The van der Waals surface area contributed by atoms with Gasteiger partial charge < -0.3 is 15.2 Å². The van der Waals surface area contributed by atoms with Gasteiger partial charge in [0.15, 0.2) is 6.10 Å². The van der Waals surface area contributed by atoms with Gasteiger partial charge >= 0.3 is 5.97 Å². The fourth-order valence-corrected chi connectivity index (χ4v) is 2.70. The van der Waals surface area contributed by atoms with Crippen LogP contribution in [-0.2, 0) is 16.1 Å². The molecular formula is C11H13Br2NO3. The number of hydrogen-bond donors (Lipinski definition) is 1. The number of halogens is 2. The minimum atomic E-state index is -0.670. The second kappa shape index (κ2) is 6.37. The molecule has 0 aromatic heterocycles. The van der Waals surface area contributed by atoms with Crippen LogP contribution in [0.15, 0.2) is 21.1 Å². The Labute approximate surface area is 117 Å². The van der Waals surface area contributed by atoms with E-state index in [1.807, 2.05) is 12.1 Å². The highest BCUT2D eigenvalue weighted by Crippen LogP contribution is 2.35. The van der Waals surface area contributed by atoms with Gasteiger partial charge in [-0.3, -0.25) is 0 Å². The molecule has 0 fully saturated rings. The molecule has 0 spiro atoms. The van der Waals surface area contributed by atoms with Crippen molar-refractivity contribution in [2.45, 2.75) is 19.6 Å². The fourth-order valence-electron chi connectivity index (χ4n) is 1.23. The summed E-state index contributed by atoms with van der Waals surface area (Å²) in [4.78, 5) is 11.3. The lowest BCUT2D eigenvalue weighted by Gasteiger charge is -2.16. The lowest BCUT2D eigenvalue weighted by molar-refractivity contribution is -0.147. The van der Waals surface area contributed by atoms with E-state index in [0.717, 1.165) is 14.5 Å². The standard InChI is InChI=1S/C11H13Br2NO3/c1-6(11(15)16-2)17-10-8(12)3-7(5-14)4-9(10)13/h3-4,6H,5,14H2,1-2H3. The third-order valence-corrected chi connectivity index (χ3v) is 3.30. The zero-order valence-electron chi connectivity index (χ0n) is 9.50. The van der Waals surface area contributed by atoms with Crippen LogP contribution in [0.25, 0.3) is 0 Å². The Balaban J connectivity index is 2.95. The van der Waals surface area contributed by atoms with E-state index < -0.39 is 12.1 Å². The van der Waals surface area contributed by atoms with Crippen LogP contribution in [0.4, 0.5) is 0 Å². The van der Waals surface area contributed by atoms with Crippen molar-refractivity contribution >= 4 is 37.8 Å². The number of methoxy groups -OCH3 is 1. The Kier molecular flexibility index (Phi) is 5.42. The van der Waals surface area contributed by atoms with Gasteiger partial charge in [-0.2, -0.15) is 0 Å². The van der Waals surface area contributed by atoms with Crippen molar-refractivity contribution in [3.05, 3.63) is 26.6 Å². The molecule has 0 aliphatic carbocycles. The van der Waals surface area contributed by atoms with Crippen LogP contribution in [0.3, 0.4) is 0 Å². The minimum absolute atomic E-state index is 0.424. The normalized spacial score (nSPS) is 12.1. The average molecular weight is 367 g/mol. The van der Waals surface area contributed by atoms with E-state index in [4.69, 9.17) is 10.5 Å². The first-order valence-corrected chi connectivity index (χ1v) is 6.50. The summed E-state index contributed by atoms with van der Waals surface area (Å²) in [6.45, 7) is 2.06. The topological polar surface area (TPSA) is 61.5 Å². The number of ether oxygens (including phenoxy) is 2. The number of carbonyl (C=O) groups excluding carboxylic acids is 1. The summed E-state index contributed by atoms with van der Waals surface area (Å²) in [6, 6.07) is 3.70. The Morgan fingerprint density at radius 2 is 1.94 bits per heavy atom. The van der Waals surface area contributed by atoms with E-state index in [2.05, 4.69) is 36.6 Å². The molecule has 1 atom stereocenters. The number of hydrogen-bond acceptors (Lipinski definition) is 4. The molecule has 1 rings (SSSR count). The summed E-state index contributed by atoms with van der Waals surface area (Å²) in [5.74, 6) is 0.131. The molecule has 0 amide bonds. The predicted octanol–water partition coefficient (Wildman–Crippen LogP) is 2.61. The van der Waals surface area contributed by atoms with Gasteiger partial charge in [0, 0.05) is 6.54 Å². The summed E-state index contributed by atoms with van der Waals surface area (Å²) in [7, 11) is 1.32. The molecule has 94 valence electrons. The Morgan fingerprint density at radius 1 is 1.41 bits per heavy atom. The van der Waals surface area contributed by atoms with Gasteiger partial charge in [-0.15, -0.1) is 0 Å². The fraction of sp³-hybridized carbons (Fsp3) is 0.364. The summed E-state index contributed by atoms with van der Waals surface area (Å²) >= 11 is 6.75. The number of nitrogens with two attached hydrogens (primary N) is 1. The molecule has 0 saturated carbocycles. The number of esters is 1. The first-order chi connectivity index (χ1) is 7.99.